The van der Waals surface area contributed by atoms with Crippen molar-refractivity contribution in [3.8, 4) is 10.8 Å². The predicted molar refractivity (Wildman–Crippen MR) is 91.7 cm³/mol. The summed E-state index contributed by atoms with van der Waals surface area (Å²) in [5.74, 6) is -1.11. The van der Waals surface area contributed by atoms with Crippen LogP contribution in [-0.2, 0) is 6.18 Å². The van der Waals surface area contributed by atoms with Gasteiger partial charge in [-0.15, -0.1) is 11.3 Å². The number of carbonyl (C=O) groups is 1. The van der Waals surface area contributed by atoms with Crippen molar-refractivity contribution in [3.05, 3.63) is 47.0 Å². The lowest BCUT2D eigenvalue weighted by Gasteiger charge is -2.12. The molecule has 0 unspecified atom stereocenters. The molecule has 0 aliphatic rings. The van der Waals surface area contributed by atoms with E-state index in [1.165, 1.54) is 24.5 Å². The number of thiophene rings is 1. The summed E-state index contributed by atoms with van der Waals surface area (Å²) in [5.41, 5.74) is 4.26. The normalized spacial score (nSPS) is 11.5. The van der Waals surface area contributed by atoms with Gasteiger partial charge in [-0.25, -0.2) is 0 Å². The molecular weight excluding hydrogens is 369 g/mol. The minimum absolute atomic E-state index is 0.0357. The molecule has 6 nitrogen and oxygen atoms in total. The maximum Gasteiger partial charge on any atom is 0.417 e. The zero-order chi connectivity index (χ0) is 19.1. The predicted octanol–water partition coefficient (Wildman–Crippen LogP) is 4.01. The number of guanidine groups is 1. The number of ether oxygens (including phenoxy) is 1. The lowest BCUT2D eigenvalue weighted by molar-refractivity contribution is -0.136. The van der Waals surface area contributed by atoms with Gasteiger partial charge in [0.05, 0.1) is 11.1 Å². The number of H-pyrrole nitrogens is 1. The van der Waals surface area contributed by atoms with Crippen molar-refractivity contribution < 1.29 is 22.7 Å². The third-order valence-corrected chi connectivity index (χ3v) is 4.41. The SMILES string of the molecule is CN(C(=N)N)C(=O)c1cc2c(C(F)(F)F)ccc(Oc3cccs3)c2[nH]1. The van der Waals surface area contributed by atoms with Gasteiger partial charge in [-0.2, -0.15) is 13.2 Å². The Morgan fingerprint density at radius 1 is 1.35 bits per heavy atom. The molecule has 0 spiro atoms. The number of hydrogen-bond acceptors (Lipinski definition) is 4. The number of alkyl halides is 3. The summed E-state index contributed by atoms with van der Waals surface area (Å²) < 4.78 is 45.6. The van der Waals surface area contributed by atoms with Crippen molar-refractivity contribution in [2.75, 3.05) is 7.05 Å². The zero-order valence-corrected chi connectivity index (χ0v) is 14.2. The van der Waals surface area contributed by atoms with Gasteiger partial charge in [-0.05, 0) is 35.7 Å². The topological polar surface area (TPSA) is 95.2 Å². The van der Waals surface area contributed by atoms with Gasteiger partial charge in [0.2, 0.25) is 0 Å². The van der Waals surface area contributed by atoms with Crippen molar-refractivity contribution in [3.63, 3.8) is 0 Å². The van der Waals surface area contributed by atoms with Crippen molar-refractivity contribution in [1.29, 1.82) is 5.41 Å². The molecule has 0 saturated heterocycles. The quantitative estimate of drug-likeness (QED) is 0.472. The van der Waals surface area contributed by atoms with Crippen molar-refractivity contribution in [2.24, 2.45) is 5.73 Å². The lowest BCUT2D eigenvalue weighted by Crippen LogP contribution is -2.38. The van der Waals surface area contributed by atoms with Gasteiger partial charge in [-0.1, -0.05) is 0 Å². The molecule has 26 heavy (non-hydrogen) atoms. The van der Waals surface area contributed by atoms with Crippen molar-refractivity contribution >= 4 is 34.1 Å². The number of nitrogens with one attached hydrogen (secondary N) is 2. The molecule has 2 aromatic heterocycles. The fourth-order valence-corrected chi connectivity index (χ4v) is 2.95. The number of halogens is 3. The van der Waals surface area contributed by atoms with E-state index >= 15 is 0 Å². The molecule has 1 amide bonds. The third-order valence-electron chi connectivity index (χ3n) is 3.66. The van der Waals surface area contributed by atoms with Crippen molar-refractivity contribution in [2.45, 2.75) is 6.18 Å². The van der Waals surface area contributed by atoms with Gasteiger partial charge in [0.25, 0.3) is 5.91 Å². The number of rotatable bonds is 3. The van der Waals surface area contributed by atoms with Gasteiger partial charge in [0.1, 0.15) is 5.69 Å². The van der Waals surface area contributed by atoms with Crippen LogP contribution in [0.5, 0.6) is 10.8 Å². The van der Waals surface area contributed by atoms with Crippen LogP contribution in [0.15, 0.2) is 35.7 Å². The van der Waals surface area contributed by atoms with Crippen LogP contribution in [0.3, 0.4) is 0 Å². The number of benzene rings is 1. The maximum atomic E-state index is 13.3. The molecule has 3 aromatic rings. The Bertz CT molecular complexity index is 979. The molecule has 0 atom stereocenters. The van der Waals surface area contributed by atoms with Gasteiger partial charge >= 0.3 is 6.18 Å². The molecule has 0 aliphatic heterocycles. The molecular formula is C16H13F3N4O2S. The van der Waals surface area contributed by atoms with Gasteiger partial charge in [-0.3, -0.25) is 15.1 Å². The maximum absolute atomic E-state index is 13.3. The van der Waals surface area contributed by atoms with E-state index in [-0.39, 0.29) is 22.3 Å². The van der Waals surface area contributed by atoms with Crippen LogP contribution in [0.2, 0.25) is 0 Å². The van der Waals surface area contributed by atoms with Gasteiger partial charge in [0.15, 0.2) is 16.8 Å². The van der Waals surface area contributed by atoms with Crippen LogP contribution in [0.1, 0.15) is 16.1 Å². The Labute approximate surface area is 149 Å². The number of nitrogens with two attached hydrogens (primary N) is 1. The third kappa shape index (κ3) is 3.23. The second kappa shape index (κ2) is 6.37. The van der Waals surface area contributed by atoms with Gasteiger partial charge in [0, 0.05) is 12.4 Å². The molecule has 0 fully saturated rings. The summed E-state index contributed by atoms with van der Waals surface area (Å²) in [5, 5.41) is 9.35. The molecule has 0 radical (unpaired) electrons. The Morgan fingerprint density at radius 2 is 2.08 bits per heavy atom. The van der Waals surface area contributed by atoms with Crippen LogP contribution in [0.25, 0.3) is 10.9 Å². The number of fused-ring (bicyclic) bond motifs is 1. The fraction of sp³-hybridized carbons (Fsp3) is 0.125. The molecule has 136 valence electrons. The van der Waals surface area contributed by atoms with E-state index in [4.69, 9.17) is 15.9 Å². The van der Waals surface area contributed by atoms with E-state index in [1.54, 1.807) is 17.5 Å². The fourth-order valence-electron chi connectivity index (χ4n) is 2.36. The van der Waals surface area contributed by atoms with E-state index in [0.29, 0.717) is 5.06 Å². The largest absolute Gasteiger partial charge is 0.444 e. The second-order valence-corrected chi connectivity index (χ2v) is 6.27. The van der Waals surface area contributed by atoms with Crippen LogP contribution in [0.4, 0.5) is 13.2 Å². The first-order valence-corrected chi connectivity index (χ1v) is 8.13. The van der Waals surface area contributed by atoms with Crippen LogP contribution in [0, 0.1) is 5.41 Å². The first kappa shape index (κ1) is 17.8. The van der Waals surface area contributed by atoms with Crippen molar-refractivity contribution in [1.82, 2.24) is 9.88 Å². The molecule has 2 heterocycles. The molecule has 0 saturated carbocycles. The highest BCUT2D eigenvalue weighted by Crippen LogP contribution is 2.40. The Hall–Kier alpha value is -3.01. The Morgan fingerprint density at radius 3 is 2.65 bits per heavy atom. The molecule has 0 aliphatic carbocycles. The van der Waals surface area contributed by atoms with E-state index < -0.39 is 23.6 Å². The number of hydrogen-bond donors (Lipinski definition) is 3. The number of aromatic amines is 1. The highest BCUT2D eigenvalue weighted by molar-refractivity contribution is 7.11. The summed E-state index contributed by atoms with van der Waals surface area (Å²) in [6.07, 6.45) is -4.60. The smallest absolute Gasteiger partial charge is 0.417 e. The highest BCUT2D eigenvalue weighted by atomic mass is 32.1. The van der Waals surface area contributed by atoms with Crippen LogP contribution in [-0.4, -0.2) is 28.8 Å². The van der Waals surface area contributed by atoms with E-state index in [0.717, 1.165) is 17.0 Å². The van der Waals surface area contributed by atoms with Crippen LogP contribution >= 0.6 is 11.3 Å². The number of carbonyl (C=O) groups excluding carboxylic acids is 1. The summed E-state index contributed by atoms with van der Waals surface area (Å²) in [6, 6.07) is 6.60. The molecule has 10 heteroatoms. The van der Waals surface area contributed by atoms with Crippen LogP contribution < -0.4 is 10.5 Å². The number of aromatic nitrogens is 1. The van der Waals surface area contributed by atoms with E-state index in [1.807, 2.05) is 0 Å². The monoisotopic (exact) mass is 382 g/mol. The molecule has 4 N–H and O–H groups in total. The molecule has 1 aromatic carbocycles. The average molecular weight is 382 g/mol. The van der Waals surface area contributed by atoms with Gasteiger partial charge < -0.3 is 15.5 Å². The first-order valence-electron chi connectivity index (χ1n) is 7.25. The second-order valence-electron chi connectivity index (χ2n) is 5.36. The van der Waals surface area contributed by atoms with E-state index in [9.17, 15) is 18.0 Å². The first-order chi connectivity index (χ1) is 12.2. The summed E-state index contributed by atoms with van der Waals surface area (Å²) >= 11 is 1.28. The molecule has 0 bridgehead atoms. The minimum atomic E-state index is -4.60. The Balaban J connectivity index is 2.15. The summed E-state index contributed by atoms with van der Waals surface area (Å²) in [4.78, 5) is 15.8. The standard InChI is InChI=1S/C16H13F3N4O2S/c1-23(15(20)21)14(24)10-7-8-9(16(17,18)19)4-5-11(13(8)22-10)25-12-3-2-6-26-12/h2-7,22H,1H3,(H3,20,21). The van der Waals surface area contributed by atoms with E-state index in [2.05, 4.69) is 4.98 Å². The Kier molecular flexibility index (Phi) is 4.36. The average Bonchev–Trinajstić information content (AvgIpc) is 3.21. The summed E-state index contributed by atoms with van der Waals surface area (Å²) in [6.45, 7) is 0. The number of amides is 1. The minimum Gasteiger partial charge on any atom is -0.444 e. The summed E-state index contributed by atoms with van der Waals surface area (Å²) in [7, 11) is 1.25. The molecule has 3 rings (SSSR count). The highest BCUT2D eigenvalue weighted by Gasteiger charge is 2.34. The zero-order valence-electron chi connectivity index (χ0n) is 13.3. The number of nitrogens with zero attached hydrogens (tertiary/aromatic N) is 1. The lowest BCUT2D eigenvalue weighted by atomic mass is 10.1.